The van der Waals surface area contributed by atoms with Gasteiger partial charge in [-0.15, -0.1) is 10.2 Å². The van der Waals surface area contributed by atoms with Gasteiger partial charge < -0.3 is 4.74 Å². The molecule has 0 aromatic carbocycles. The van der Waals surface area contributed by atoms with E-state index in [-0.39, 0.29) is 5.91 Å². The number of aryl methyl sites for hydroxylation is 1. The number of thioether (sulfide) groups is 1. The number of fused-ring (bicyclic) bond motifs is 1. The fraction of sp³-hybridized carbons (Fsp3) is 0.455. The van der Waals surface area contributed by atoms with E-state index in [1.165, 1.54) is 11.3 Å². The van der Waals surface area contributed by atoms with Crippen LogP contribution in [-0.4, -0.2) is 38.2 Å². The minimum Gasteiger partial charge on any atom is -0.478 e. The van der Waals surface area contributed by atoms with Crippen LogP contribution < -0.4 is 10.1 Å². The van der Waals surface area contributed by atoms with E-state index < -0.39 is 0 Å². The number of rotatable bonds is 4. The van der Waals surface area contributed by atoms with Crippen LogP contribution in [0.5, 0.6) is 5.88 Å². The molecule has 9 heteroatoms. The first-order chi connectivity index (χ1) is 9.76. The van der Waals surface area contributed by atoms with E-state index >= 15 is 0 Å². The second-order valence-electron chi connectivity index (χ2n) is 4.05. The van der Waals surface area contributed by atoms with Crippen molar-refractivity contribution >= 4 is 34.1 Å². The fourth-order valence-electron chi connectivity index (χ4n) is 1.78. The Bertz CT molecular complexity index is 601. The zero-order valence-corrected chi connectivity index (χ0v) is 12.5. The van der Waals surface area contributed by atoms with Crippen molar-refractivity contribution < 1.29 is 9.53 Å². The highest BCUT2D eigenvalue weighted by atomic mass is 32.2. The van der Waals surface area contributed by atoms with Gasteiger partial charge in [-0.25, -0.2) is 4.68 Å². The summed E-state index contributed by atoms with van der Waals surface area (Å²) < 4.78 is 7.98. The van der Waals surface area contributed by atoms with Crippen LogP contribution in [0, 0.1) is 0 Å². The molecule has 7 nitrogen and oxygen atoms in total. The molecule has 2 aromatic heterocycles. The number of aromatic nitrogens is 4. The molecule has 3 heterocycles. The third-order valence-electron chi connectivity index (χ3n) is 2.63. The number of nitrogens with one attached hydrogen (secondary N) is 1. The van der Waals surface area contributed by atoms with Crippen LogP contribution in [0.3, 0.4) is 0 Å². The standard InChI is InChI=1S/C11H13N5O2S2/c1-2-19-11-14-13-10(20-11)12-9(17)7-6-8-16(15-7)4-3-5-18-8/h6H,2-5H2,1H3,(H,12,13,17). The van der Waals surface area contributed by atoms with Crippen molar-refractivity contribution in [1.82, 2.24) is 20.0 Å². The van der Waals surface area contributed by atoms with Gasteiger partial charge >= 0.3 is 0 Å². The summed E-state index contributed by atoms with van der Waals surface area (Å²) in [5, 5.41) is 15.3. The van der Waals surface area contributed by atoms with Crippen molar-refractivity contribution in [2.24, 2.45) is 0 Å². The van der Waals surface area contributed by atoms with Gasteiger partial charge in [-0.1, -0.05) is 30.0 Å². The number of carbonyl (C=O) groups is 1. The lowest BCUT2D eigenvalue weighted by molar-refractivity contribution is 0.102. The first-order valence-electron chi connectivity index (χ1n) is 6.24. The molecule has 3 rings (SSSR count). The quantitative estimate of drug-likeness (QED) is 0.686. The van der Waals surface area contributed by atoms with E-state index in [9.17, 15) is 4.79 Å². The highest BCUT2D eigenvalue weighted by Crippen LogP contribution is 2.25. The molecule has 1 aliphatic heterocycles. The molecule has 1 aliphatic rings. The van der Waals surface area contributed by atoms with E-state index in [1.807, 2.05) is 6.92 Å². The minimum atomic E-state index is -0.292. The normalized spacial score (nSPS) is 13.7. The zero-order chi connectivity index (χ0) is 13.9. The van der Waals surface area contributed by atoms with Crippen LogP contribution in [-0.2, 0) is 6.54 Å². The predicted molar refractivity (Wildman–Crippen MR) is 76.6 cm³/mol. The molecule has 0 fully saturated rings. The SMILES string of the molecule is CCSc1nnc(NC(=O)c2cc3n(n2)CCCO3)s1. The predicted octanol–water partition coefficient (Wildman–Crippen LogP) is 1.88. The lowest BCUT2D eigenvalue weighted by Crippen LogP contribution is -2.16. The highest BCUT2D eigenvalue weighted by molar-refractivity contribution is 8.01. The van der Waals surface area contributed by atoms with Crippen LogP contribution in [0.4, 0.5) is 5.13 Å². The van der Waals surface area contributed by atoms with Crippen molar-refractivity contribution in [3.05, 3.63) is 11.8 Å². The summed E-state index contributed by atoms with van der Waals surface area (Å²) in [5.74, 6) is 1.27. The lowest BCUT2D eigenvalue weighted by Gasteiger charge is -2.13. The van der Waals surface area contributed by atoms with Crippen LogP contribution in [0.2, 0.25) is 0 Å². The first-order valence-corrected chi connectivity index (χ1v) is 8.05. The van der Waals surface area contributed by atoms with Crippen molar-refractivity contribution in [2.45, 2.75) is 24.2 Å². The van der Waals surface area contributed by atoms with Gasteiger partial charge in [0, 0.05) is 19.0 Å². The first kappa shape index (κ1) is 13.4. The number of amides is 1. The summed E-state index contributed by atoms with van der Waals surface area (Å²) in [6.45, 7) is 3.49. The van der Waals surface area contributed by atoms with Crippen molar-refractivity contribution in [1.29, 1.82) is 0 Å². The van der Waals surface area contributed by atoms with Gasteiger partial charge in [-0.05, 0) is 5.75 Å². The molecule has 0 bridgehead atoms. The minimum absolute atomic E-state index is 0.292. The van der Waals surface area contributed by atoms with E-state index in [4.69, 9.17) is 4.74 Å². The van der Waals surface area contributed by atoms with E-state index in [2.05, 4.69) is 20.6 Å². The maximum absolute atomic E-state index is 12.1. The van der Waals surface area contributed by atoms with Gasteiger partial charge in [-0.3, -0.25) is 10.1 Å². The Morgan fingerprint density at radius 1 is 1.60 bits per heavy atom. The maximum atomic E-state index is 12.1. The third-order valence-corrected chi connectivity index (χ3v) is 4.49. The number of hydrogen-bond acceptors (Lipinski definition) is 7. The molecule has 1 amide bonds. The van der Waals surface area contributed by atoms with Gasteiger partial charge in [0.05, 0.1) is 6.61 Å². The molecule has 20 heavy (non-hydrogen) atoms. The van der Waals surface area contributed by atoms with Gasteiger partial charge in [0.25, 0.3) is 5.91 Å². The second-order valence-corrected chi connectivity index (χ2v) is 6.54. The van der Waals surface area contributed by atoms with Gasteiger partial charge in [0.1, 0.15) is 0 Å². The van der Waals surface area contributed by atoms with Gasteiger partial charge in [0.15, 0.2) is 10.0 Å². The fourth-order valence-corrected chi connectivity index (χ4v) is 3.43. The Morgan fingerprint density at radius 2 is 2.50 bits per heavy atom. The Balaban J connectivity index is 1.70. The van der Waals surface area contributed by atoms with Crippen LogP contribution in [0.15, 0.2) is 10.4 Å². The summed E-state index contributed by atoms with van der Waals surface area (Å²) in [4.78, 5) is 12.1. The molecule has 106 valence electrons. The molecule has 0 unspecified atom stereocenters. The number of hydrogen-bond donors (Lipinski definition) is 1. The van der Waals surface area contributed by atoms with Gasteiger partial charge in [0.2, 0.25) is 11.0 Å². The summed E-state index contributed by atoms with van der Waals surface area (Å²) in [6.07, 6.45) is 0.906. The van der Waals surface area contributed by atoms with E-state index in [0.717, 1.165) is 23.1 Å². The lowest BCUT2D eigenvalue weighted by atomic mass is 10.4. The van der Waals surface area contributed by atoms with Crippen molar-refractivity contribution in [3.63, 3.8) is 0 Å². The Hall–Kier alpha value is -1.61. The third kappa shape index (κ3) is 2.78. The van der Waals surface area contributed by atoms with E-state index in [1.54, 1.807) is 22.5 Å². The topological polar surface area (TPSA) is 81.9 Å². The van der Waals surface area contributed by atoms with Crippen LogP contribution in [0.25, 0.3) is 0 Å². The molecule has 0 aliphatic carbocycles. The maximum Gasteiger partial charge on any atom is 0.278 e. The number of carbonyl (C=O) groups excluding carboxylic acids is 1. The Labute approximate surface area is 123 Å². The average Bonchev–Trinajstić information content (AvgIpc) is 3.05. The number of anilines is 1. The van der Waals surface area contributed by atoms with Crippen LogP contribution >= 0.6 is 23.1 Å². The van der Waals surface area contributed by atoms with Crippen molar-refractivity contribution in [3.8, 4) is 5.88 Å². The molecule has 0 atom stereocenters. The molecular weight excluding hydrogens is 298 g/mol. The van der Waals surface area contributed by atoms with Crippen LogP contribution in [0.1, 0.15) is 23.8 Å². The monoisotopic (exact) mass is 311 g/mol. The Kier molecular flexibility index (Phi) is 3.88. The van der Waals surface area contributed by atoms with E-state index in [0.29, 0.717) is 23.3 Å². The summed E-state index contributed by atoms with van der Waals surface area (Å²) in [5.41, 5.74) is 0.335. The molecule has 0 radical (unpaired) electrons. The Morgan fingerprint density at radius 3 is 3.30 bits per heavy atom. The molecule has 0 spiro atoms. The summed E-state index contributed by atoms with van der Waals surface area (Å²) >= 11 is 2.95. The molecule has 1 N–H and O–H groups in total. The number of nitrogens with zero attached hydrogens (tertiary/aromatic N) is 4. The summed E-state index contributed by atoms with van der Waals surface area (Å²) in [6, 6.07) is 1.65. The largest absolute Gasteiger partial charge is 0.478 e. The summed E-state index contributed by atoms with van der Waals surface area (Å²) in [7, 11) is 0. The smallest absolute Gasteiger partial charge is 0.278 e. The molecular formula is C11H13N5O2S2. The average molecular weight is 311 g/mol. The highest BCUT2D eigenvalue weighted by Gasteiger charge is 2.19. The molecule has 0 saturated heterocycles. The van der Waals surface area contributed by atoms with Gasteiger partial charge in [-0.2, -0.15) is 5.10 Å². The number of ether oxygens (including phenoxy) is 1. The molecule has 2 aromatic rings. The molecule has 0 saturated carbocycles. The zero-order valence-electron chi connectivity index (χ0n) is 10.8. The second kappa shape index (κ2) is 5.80. The van der Waals surface area contributed by atoms with Crippen molar-refractivity contribution in [2.75, 3.05) is 17.7 Å².